The number of halogens is 2. The first kappa shape index (κ1) is 14.3. The largest absolute Gasteiger partial charge is 0.336 e. The highest BCUT2D eigenvalue weighted by Crippen LogP contribution is 2.24. The summed E-state index contributed by atoms with van der Waals surface area (Å²) in [6.45, 7) is 3.33. The second kappa shape index (κ2) is 5.87. The third-order valence-electron chi connectivity index (χ3n) is 2.65. The summed E-state index contributed by atoms with van der Waals surface area (Å²) in [5, 5.41) is 10.9. The average molecular weight is 391 g/mol. The first-order chi connectivity index (χ1) is 9.02. The van der Waals surface area contributed by atoms with E-state index in [0.717, 1.165) is 12.1 Å². The van der Waals surface area contributed by atoms with Gasteiger partial charge in [0.25, 0.3) is 5.91 Å². The van der Waals surface area contributed by atoms with Crippen molar-refractivity contribution in [1.82, 2.24) is 24.9 Å². The van der Waals surface area contributed by atoms with Crippen LogP contribution in [0.5, 0.6) is 0 Å². The van der Waals surface area contributed by atoms with Gasteiger partial charge in [0, 0.05) is 31.9 Å². The summed E-state index contributed by atoms with van der Waals surface area (Å²) in [6, 6.07) is 0. The van der Waals surface area contributed by atoms with E-state index in [1.807, 2.05) is 17.8 Å². The van der Waals surface area contributed by atoms with Crippen LogP contribution in [0, 0.1) is 0 Å². The summed E-state index contributed by atoms with van der Waals surface area (Å²) >= 11 is 6.58. The van der Waals surface area contributed by atoms with E-state index in [-0.39, 0.29) is 5.91 Å². The Hall–Kier alpha value is -1.15. The minimum absolute atomic E-state index is 0.155. The first-order valence-electron chi connectivity index (χ1n) is 5.69. The van der Waals surface area contributed by atoms with Crippen LogP contribution in [-0.2, 0) is 13.1 Å². The molecule has 2 aromatic heterocycles. The monoisotopic (exact) mass is 389 g/mol. The highest BCUT2D eigenvalue weighted by molar-refractivity contribution is 9.13. The molecule has 0 unspecified atom stereocenters. The number of rotatable bonds is 4. The van der Waals surface area contributed by atoms with Crippen molar-refractivity contribution in [1.29, 1.82) is 0 Å². The smallest absolute Gasteiger partial charge is 0.275 e. The van der Waals surface area contributed by atoms with Gasteiger partial charge in [-0.1, -0.05) is 0 Å². The molecule has 0 atom stereocenters. The molecule has 0 fully saturated rings. The Morgan fingerprint density at radius 1 is 1.53 bits per heavy atom. The van der Waals surface area contributed by atoms with E-state index in [0.29, 0.717) is 21.3 Å². The van der Waals surface area contributed by atoms with Gasteiger partial charge in [-0.2, -0.15) is 10.2 Å². The topological polar surface area (TPSA) is 66.8 Å². The molecule has 8 heteroatoms. The Bertz CT molecular complexity index is 592. The van der Waals surface area contributed by atoms with E-state index in [1.54, 1.807) is 18.1 Å². The summed E-state index contributed by atoms with van der Waals surface area (Å²) in [6.07, 6.45) is 3.70. The van der Waals surface area contributed by atoms with E-state index in [9.17, 15) is 4.79 Å². The summed E-state index contributed by atoms with van der Waals surface area (Å²) in [7, 11) is 1.74. The van der Waals surface area contributed by atoms with Crippen LogP contribution >= 0.6 is 31.9 Å². The number of nitrogens with zero attached hydrogens (tertiary/aromatic N) is 4. The van der Waals surface area contributed by atoms with Crippen molar-refractivity contribution < 1.29 is 4.79 Å². The lowest BCUT2D eigenvalue weighted by Crippen LogP contribution is -2.26. The van der Waals surface area contributed by atoms with Crippen LogP contribution < -0.4 is 0 Å². The van der Waals surface area contributed by atoms with Crippen LogP contribution in [0.3, 0.4) is 0 Å². The van der Waals surface area contributed by atoms with Gasteiger partial charge in [0.05, 0.1) is 10.7 Å². The van der Waals surface area contributed by atoms with Crippen molar-refractivity contribution in [2.45, 2.75) is 20.0 Å². The Labute approximate surface area is 127 Å². The maximum absolute atomic E-state index is 12.2. The lowest BCUT2D eigenvalue weighted by atomic mass is 10.3. The van der Waals surface area contributed by atoms with Crippen molar-refractivity contribution >= 4 is 37.8 Å². The number of hydrogen-bond donors (Lipinski definition) is 1. The van der Waals surface area contributed by atoms with Crippen LogP contribution in [0.25, 0.3) is 0 Å². The van der Waals surface area contributed by atoms with Crippen LogP contribution in [-0.4, -0.2) is 37.8 Å². The molecule has 6 nitrogen and oxygen atoms in total. The van der Waals surface area contributed by atoms with Gasteiger partial charge in [0.1, 0.15) is 4.60 Å². The van der Waals surface area contributed by atoms with Crippen LogP contribution in [0.2, 0.25) is 0 Å². The normalized spacial score (nSPS) is 10.7. The zero-order chi connectivity index (χ0) is 14.0. The molecule has 0 bridgehead atoms. The SMILES string of the molecule is CCn1cc(CN(C)C(=O)c2n[nH]c(Br)c2Br)cn1. The summed E-state index contributed by atoms with van der Waals surface area (Å²) < 4.78 is 3.12. The first-order valence-corrected chi connectivity index (χ1v) is 7.27. The summed E-state index contributed by atoms with van der Waals surface area (Å²) in [5.74, 6) is -0.155. The minimum Gasteiger partial charge on any atom is -0.336 e. The Morgan fingerprint density at radius 3 is 2.79 bits per heavy atom. The van der Waals surface area contributed by atoms with Gasteiger partial charge in [0.2, 0.25) is 0 Å². The predicted molar refractivity (Wildman–Crippen MR) is 77.7 cm³/mol. The van der Waals surface area contributed by atoms with Crippen molar-refractivity contribution in [3.8, 4) is 0 Å². The molecule has 2 aromatic rings. The van der Waals surface area contributed by atoms with Crippen LogP contribution in [0.1, 0.15) is 23.0 Å². The third-order valence-corrected chi connectivity index (χ3v) is 4.52. The fraction of sp³-hybridized carbons (Fsp3) is 0.364. The van der Waals surface area contributed by atoms with Gasteiger partial charge in [-0.25, -0.2) is 0 Å². The molecule has 0 aromatic carbocycles. The zero-order valence-corrected chi connectivity index (χ0v) is 13.7. The number of amides is 1. The Kier molecular flexibility index (Phi) is 4.41. The molecule has 0 aliphatic rings. The molecule has 2 heterocycles. The van der Waals surface area contributed by atoms with Crippen LogP contribution in [0.15, 0.2) is 21.5 Å². The summed E-state index contributed by atoms with van der Waals surface area (Å²) in [4.78, 5) is 13.8. The Morgan fingerprint density at radius 2 is 2.26 bits per heavy atom. The van der Waals surface area contributed by atoms with E-state index >= 15 is 0 Å². The van der Waals surface area contributed by atoms with E-state index < -0.39 is 0 Å². The maximum Gasteiger partial charge on any atom is 0.275 e. The van der Waals surface area contributed by atoms with Gasteiger partial charge in [-0.3, -0.25) is 14.6 Å². The number of H-pyrrole nitrogens is 1. The highest BCUT2D eigenvalue weighted by Gasteiger charge is 2.20. The molecule has 2 rings (SSSR count). The summed E-state index contributed by atoms with van der Waals surface area (Å²) in [5.41, 5.74) is 1.35. The van der Waals surface area contributed by atoms with Crippen molar-refractivity contribution in [2.75, 3.05) is 7.05 Å². The van der Waals surface area contributed by atoms with Crippen molar-refractivity contribution in [3.63, 3.8) is 0 Å². The van der Waals surface area contributed by atoms with E-state index in [2.05, 4.69) is 47.2 Å². The molecular formula is C11H13Br2N5O. The van der Waals surface area contributed by atoms with E-state index in [4.69, 9.17) is 0 Å². The second-order valence-electron chi connectivity index (χ2n) is 4.07. The van der Waals surface area contributed by atoms with Crippen LogP contribution in [0.4, 0.5) is 0 Å². The molecule has 102 valence electrons. The number of carbonyl (C=O) groups excluding carboxylic acids is 1. The number of aryl methyl sites for hydroxylation is 1. The van der Waals surface area contributed by atoms with E-state index in [1.165, 1.54) is 0 Å². The number of aromatic amines is 1. The predicted octanol–water partition coefficient (Wildman–Crippen LogP) is 2.42. The molecule has 0 saturated heterocycles. The van der Waals surface area contributed by atoms with Gasteiger partial charge in [-0.05, 0) is 38.8 Å². The van der Waals surface area contributed by atoms with Gasteiger partial charge >= 0.3 is 0 Å². The molecule has 19 heavy (non-hydrogen) atoms. The minimum atomic E-state index is -0.155. The molecule has 0 radical (unpaired) electrons. The second-order valence-corrected chi connectivity index (χ2v) is 5.65. The van der Waals surface area contributed by atoms with Crippen molar-refractivity contribution in [3.05, 3.63) is 32.7 Å². The fourth-order valence-corrected chi connectivity index (χ4v) is 2.26. The average Bonchev–Trinajstić information content (AvgIpc) is 2.97. The lowest BCUT2D eigenvalue weighted by molar-refractivity contribution is 0.0778. The number of nitrogens with one attached hydrogen (secondary N) is 1. The molecule has 0 spiro atoms. The molecule has 1 N–H and O–H groups in total. The van der Waals surface area contributed by atoms with Gasteiger partial charge < -0.3 is 4.90 Å². The Balaban J connectivity index is 2.09. The molecule has 0 aliphatic carbocycles. The highest BCUT2D eigenvalue weighted by atomic mass is 79.9. The molecule has 1 amide bonds. The number of hydrogen-bond acceptors (Lipinski definition) is 3. The maximum atomic E-state index is 12.2. The lowest BCUT2D eigenvalue weighted by Gasteiger charge is -2.14. The molecular weight excluding hydrogens is 378 g/mol. The quantitative estimate of drug-likeness (QED) is 0.871. The third kappa shape index (κ3) is 3.06. The fourth-order valence-electron chi connectivity index (χ4n) is 1.64. The van der Waals surface area contributed by atoms with Gasteiger partial charge in [-0.15, -0.1) is 0 Å². The zero-order valence-electron chi connectivity index (χ0n) is 10.5. The van der Waals surface area contributed by atoms with Crippen molar-refractivity contribution in [2.24, 2.45) is 0 Å². The molecule has 0 aliphatic heterocycles. The number of carbonyl (C=O) groups is 1. The number of aromatic nitrogens is 4. The molecule has 0 saturated carbocycles. The van der Waals surface area contributed by atoms with Gasteiger partial charge in [0.15, 0.2) is 5.69 Å². The standard InChI is InChI=1S/C11H13Br2N5O/c1-3-18-6-7(4-14-18)5-17(2)11(19)9-8(12)10(13)16-15-9/h4,6H,3,5H2,1-2H3,(H,15,16).